The molecule has 9 heteroatoms. The number of benzene rings is 2. The van der Waals surface area contributed by atoms with Gasteiger partial charge in [-0.15, -0.1) is 0 Å². The number of hydrogen-bond acceptors (Lipinski definition) is 6. The number of hydrogen-bond donors (Lipinski definition) is 3. The summed E-state index contributed by atoms with van der Waals surface area (Å²) in [6.45, 7) is 1.96. The standard InChI is InChI=1S/C19H19N3O6/c1-2-27-15-9-5-14(6-10-15)21-18(25)19(26)22-20-11-13-3-7-16(8-4-13)28-12-17(23)24/h3-11H,2,12H2,1H3,(H,21,25)(H,22,26)(H,23,24)/b20-11+. The molecular weight excluding hydrogens is 366 g/mol. The Morgan fingerprint density at radius 2 is 1.57 bits per heavy atom. The van der Waals surface area contributed by atoms with Crippen LogP contribution in [0.15, 0.2) is 53.6 Å². The van der Waals surface area contributed by atoms with E-state index in [1.807, 2.05) is 6.92 Å². The average Bonchev–Trinajstić information content (AvgIpc) is 2.69. The van der Waals surface area contributed by atoms with Gasteiger partial charge < -0.3 is 19.9 Å². The van der Waals surface area contributed by atoms with E-state index in [4.69, 9.17) is 14.6 Å². The Morgan fingerprint density at radius 3 is 2.18 bits per heavy atom. The third kappa shape index (κ3) is 6.79. The molecule has 0 aliphatic heterocycles. The molecule has 0 aliphatic rings. The number of anilines is 1. The largest absolute Gasteiger partial charge is 0.494 e. The number of carbonyl (C=O) groups excluding carboxylic acids is 2. The lowest BCUT2D eigenvalue weighted by Crippen LogP contribution is -2.32. The second-order valence-electron chi connectivity index (χ2n) is 5.36. The van der Waals surface area contributed by atoms with Gasteiger partial charge in [-0.05, 0) is 61.0 Å². The number of carboxylic acids is 1. The maximum Gasteiger partial charge on any atom is 0.341 e. The monoisotopic (exact) mass is 385 g/mol. The zero-order valence-electron chi connectivity index (χ0n) is 15.0. The van der Waals surface area contributed by atoms with E-state index in [2.05, 4.69) is 15.8 Å². The van der Waals surface area contributed by atoms with Gasteiger partial charge in [-0.2, -0.15) is 5.10 Å². The van der Waals surface area contributed by atoms with Crippen molar-refractivity contribution in [1.82, 2.24) is 5.43 Å². The van der Waals surface area contributed by atoms with Gasteiger partial charge in [-0.1, -0.05) is 0 Å². The fraction of sp³-hybridized carbons (Fsp3) is 0.158. The first-order chi connectivity index (χ1) is 13.5. The van der Waals surface area contributed by atoms with E-state index >= 15 is 0 Å². The van der Waals surface area contributed by atoms with Crippen molar-refractivity contribution in [3.8, 4) is 11.5 Å². The first-order valence-electron chi connectivity index (χ1n) is 8.30. The lowest BCUT2D eigenvalue weighted by atomic mass is 10.2. The number of nitrogens with zero attached hydrogens (tertiary/aromatic N) is 1. The molecule has 0 heterocycles. The molecule has 0 spiro atoms. The van der Waals surface area contributed by atoms with Crippen LogP contribution in [0, 0.1) is 0 Å². The van der Waals surface area contributed by atoms with Crippen molar-refractivity contribution < 1.29 is 29.0 Å². The van der Waals surface area contributed by atoms with Crippen LogP contribution in [0.1, 0.15) is 12.5 Å². The molecule has 0 aromatic heterocycles. The van der Waals surface area contributed by atoms with Gasteiger partial charge in [0, 0.05) is 5.69 Å². The van der Waals surface area contributed by atoms with Gasteiger partial charge in [-0.25, -0.2) is 10.2 Å². The minimum absolute atomic E-state index is 0.387. The average molecular weight is 385 g/mol. The Hall–Kier alpha value is -3.88. The molecule has 2 amide bonds. The van der Waals surface area contributed by atoms with Crippen LogP contribution < -0.4 is 20.2 Å². The predicted octanol–water partition coefficient (Wildman–Crippen LogP) is 1.64. The summed E-state index contributed by atoms with van der Waals surface area (Å²) in [5.74, 6) is -1.81. The van der Waals surface area contributed by atoms with Gasteiger partial charge in [-0.3, -0.25) is 9.59 Å². The Labute approximate surface area is 161 Å². The summed E-state index contributed by atoms with van der Waals surface area (Å²) in [4.78, 5) is 34.0. The van der Waals surface area contributed by atoms with E-state index in [0.717, 1.165) is 0 Å². The molecular formula is C19H19N3O6. The number of rotatable bonds is 8. The summed E-state index contributed by atoms with van der Waals surface area (Å²) < 4.78 is 10.3. The minimum atomic E-state index is -1.07. The Morgan fingerprint density at radius 1 is 0.964 bits per heavy atom. The molecule has 0 unspecified atom stereocenters. The second-order valence-corrected chi connectivity index (χ2v) is 5.36. The highest BCUT2D eigenvalue weighted by molar-refractivity contribution is 6.39. The van der Waals surface area contributed by atoms with Gasteiger partial charge in [0.05, 0.1) is 12.8 Å². The fourth-order valence-electron chi connectivity index (χ4n) is 2.00. The minimum Gasteiger partial charge on any atom is -0.494 e. The molecule has 2 aromatic carbocycles. The summed E-state index contributed by atoms with van der Waals surface area (Å²) in [5.41, 5.74) is 3.19. The number of carboxylic acid groups (broad SMARTS) is 1. The summed E-state index contributed by atoms with van der Waals surface area (Å²) in [6.07, 6.45) is 1.34. The number of carbonyl (C=O) groups is 3. The molecule has 0 radical (unpaired) electrons. The normalized spacial score (nSPS) is 10.3. The SMILES string of the molecule is CCOc1ccc(NC(=O)C(=O)N/N=C/c2ccc(OCC(=O)O)cc2)cc1. The Bertz CT molecular complexity index is 847. The zero-order chi connectivity index (χ0) is 20.4. The van der Waals surface area contributed by atoms with Crippen LogP contribution in [-0.2, 0) is 14.4 Å². The highest BCUT2D eigenvalue weighted by atomic mass is 16.5. The highest BCUT2D eigenvalue weighted by Gasteiger charge is 2.12. The summed E-state index contributed by atoms with van der Waals surface area (Å²) >= 11 is 0. The molecule has 28 heavy (non-hydrogen) atoms. The smallest absolute Gasteiger partial charge is 0.341 e. The van der Waals surface area contributed by atoms with Crippen LogP contribution in [0.2, 0.25) is 0 Å². The molecule has 0 saturated carbocycles. The first kappa shape index (κ1) is 20.4. The van der Waals surface area contributed by atoms with Gasteiger partial charge in [0.2, 0.25) is 0 Å². The molecule has 2 aromatic rings. The van der Waals surface area contributed by atoms with Crippen molar-refractivity contribution in [1.29, 1.82) is 0 Å². The predicted molar refractivity (Wildman–Crippen MR) is 102 cm³/mol. The number of ether oxygens (including phenoxy) is 2. The summed E-state index contributed by atoms with van der Waals surface area (Å²) in [7, 11) is 0. The van der Waals surface area contributed by atoms with E-state index < -0.39 is 24.4 Å². The van der Waals surface area contributed by atoms with Crippen molar-refractivity contribution >= 4 is 29.7 Å². The van der Waals surface area contributed by atoms with E-state index in [0.29, 0.717) is 29.4 Å². The maximum absolute atomic E-state index is 11.8. The summed E-state index contributed by atoms with van der Waals surface area (Å²) in [6, 6.07) is 13.0. The second kappa shape index (κ2) is 10.3. The number of aliphatic carboxylic acids is 1. The van der Waals surface area contributed by atoms with Crippen LogP contribution in [0.3, 0.4) is 0 Å². The van der Waals surface area contributed by atoms with Crippen LogP contribution in [0.5, 0.6) is 11.5 Å². The Balaban J connectivity index is 1.81. The van der Waals surface area contributed by atoms with Gasteiger partial charge in [0.15, 0.2) is 6.61 Å². The topological polar surface area (TPSA) is 126 Å². The van der Waals surface area contributed by atoms with Crippen molar-refractivity contribution in [2.75, 3.05) is 18.5 Å². The van der Waals surface area contributed by atoms with Gasteiger partial charge in [0.1, 0.15) is 11.5 Å². The van der Waals surface area contributed by atoms with Crippen LogP contribution in [-0.4, -0.2) is 42.3 Å². The molecule has 146 valence electrons. The van der Waals surface area contributed by atoms with Crippen LogP contribution in [0.25, 0.3) is 0 Å². The molecule has 9 nitrogen and oxygen atoms in total. The van der Waals surface area contributed by atoms with Crippen LogP contribution in [0.4, 0.5) is 5.69 Å². The molecule has 3 N–H and O–H groups in total. The lowest BCUT2D eigenvalue weighted by Gasteiger charge is -2.06. The third-order valence-corrected chi connectivity index (χ3v) is 3.25. The van der Waals surface area contributed by atoms with E-state index in [9.17, 15) is 14.4 Å². The number of nitrogens with one attached hydrogen (secondary N) is 2. The van der Waals surface area contributed by atoms with Crippen molar-refractivity contribution in [3.63, 3.8) is 0 Å². The summed E-state index contributed by atoms with van der Waals surface area (Å²) in [5, 5.41) is 14.7. The number of hydrazone groups is 1. The van der Waals surface area contributed by atoms with E-state index in [-0.39, 0.29) is 0 Å². The molecule has 0 aliphatic carbocycles. The molecule has 0 atom stereocenters. The van der Waals surface area contributed by atoms with Crippen LogP contribution >= 0.6 is 0 Å². The molecule has 2 rings (SSSR count). The van der Waals surface area contributed by atoms with Crippen molar-refractivity contribution in [2.24, 2.45) is 5.10 Å². The van der Waals surface area contributed by atoms with Crippen molar-refractivity contribution in [3.05, 3.63) is 54.1 Å². The first-order valence-corrected chi connectivity index (χ1v) is 8.30. The quantitative estimate of drug-likeness (QED) is 0.360. The Kier molecular flexibility index (Phi) is 7.53. The molecule has 0 bridgehead atoms. The molecule has 0 saturated heterocycles. The third-order valence-electron chi connectivity index (χ3n) is 3.25. The fourth-order valence-corrected chi connectivity index (χ4v) is 2.00. The van der Waals surface area contributed by atoms with E-state index in [1.54, 1.807) is 48.5 Å². The molecule has 0 fully saturated rings. The maximum atomic E-state index is 11.8. The van der Waals surface area contributed by atoms with E-state index in [1.165, 1.54) is 6.21 Å². The number of amides is 2. The van der Waals surface area contributed by atoms with Gasteiger partial charge >= 0.3 is 17.8 Å². The lowest BCUT2D eigenvalue weighted by molar-refractivity contribution is -0.139. The highest BCUT2D eigenvalue weighted by Crippen LogP contribution is 2.15. The van der Waals surface area contributed by atoms with Gasteiger partial charge in [0.25, 0.3) is 0 Å². The van der Waals surface area contributed by atoms with Crippen molar-refractivity contribution in [2.45, 2.75) is 6.92 Å². The zero-order valence-corrected chi connectivity index (χ0v) is 15.0.